The summed E-state index contributed by atoms with van der Waals surface area (Å²) in [7, 11) is -2.53. The highest BCUT2D eigenvalue weighted by molar-refractivity contribution is 7.85. The molecule has 0 heterocycles. The molecule has 0 saturated carbocycles. The molecule has 0 aromatic heterocycles. The maximum absolute atomic E-state index is 12.9. The zero-order valence-electron chi connectivity index (χ0n) is 13.5. The minimum atomic E-state index is -1.39. The number of hydrogen-bond donors (Lipinski definition) is 1. The smallest absolute Gasteiger partial charge is 0.0707 e. The Morgan fingerprint density at radius 3 is 2.05 bits per heavy atom. The lowest BCUT2D eigenvalue weighted by molar-refractivity contribution is 0.125. The van der Waals surface area contributed by atoms with Crippen molar-refractivity contribution in [3.8, 4) is 0 Å². The molecule has 114 valence electrons. The predicted octanol–water partition coefficient (Wildman–Crippen LogP) is 3.83. The van der Waals surface area contributed by atoms with Crippen LogP contribution in [0.15, 0.2) is 29.2 Å². The monoisotopic (exact) mass is 312 g/mol. The molecule has 0 aliphatic rings. The third-order valence-electron chi connectivity index (χ3n) is 3.41. The summed E-state index contributed by atoms with van der Waals surface area (Å²) in [5.74, 6) is 0.130. The van der Waals surface area contributed by atoms with E-state index >= 15 is 0 Å². The van der Waals surface area contributed by atoms with Crippen molar-refractivity contribution >= 4 is 18.9 Å². The quantitative estimate of drug-likeness (QED) is 0.811. The lowest BCUT2D eigenvalue weighted by Gasteiger charge is -2.30. The second-order valence-corrected chi connectivity index (χ2v) is 14.3. The van der Waals surface area contributed by atoms with Gasteiger partial charge >= 0.3 is 0 Å². The molecule has 0 fully saturated rings. The third kappa shape index (κ3) is 5.15. The van der Waals surface area contributed by atoms with Crippen molar-refractivity contribution in [1.29, 1.82) is 0 Å². The van der Waals surface area contributed by atoms with Crippen molar-refractivity contribution < 1.29 is 9.32 Å². The van der Waals surface area contributed by atoms with Crippen LogP contribution in [0.5, 0.6) is 0 Å². The van der Waals surface area contributed by atoms with Gasteiger partial charge in [0.15, 0.2) is 0 Å². The molecule has 1 aromatic carbocycles. The lowest BCUT2D eigenvalue weighted by Crippen LogP contribution is -2.40. The van der Waals surface area contributed by atoms with Gasteiger partial charge in [-0.25, -0.2) is 0 Å². The summed E-state index contributed by atoms with van der Waals surface area (Å²) in [4.78, 5) is 0.832. The van der Waals surface area contributed by atoms with Gasteiger partial charge in [0.1, 0.15) is 0 Å². The molecule has 0 spiro atoms. The molecule has 0 bridgehead atoms. The van der Waals surface area contributed by atoms with Gasteiger partial charge in [0, 0.05) is 13.0 Å². The Bertz CT molecular complexity index is 449. The van der Waals surface area contributed by atoms with Crippen LogP contribution in [0.3, 0.4) is 0 Å². The van der Waals surface area contributed by atoms with Gasteiger partial charge in [0.2, 0.25) is 0 Å². The van der Waals surface area contributed by atoms with Gasteiger partial charge in [-0.05, 0) is 31.0 Å². The van der Waals surface area contributed by atoms with Gasteiger partial charge in [0.25, 0.3) is 0 Å². The van der Waals surface area contributed by atoms with Crippen LogP contribution in [-0.4, -0.2) is 28.7 Å². The molecular formula is C16H28O2SSi. The van der Waals surface area contributed by atoms with Crippen molar-refractivity contribution in [1.82, 2.24) is 0 Å². The maximum atomic E-state index is 12.9. The van der Waals surface area contributed by atoms with Gasteiger partial charge in [-0.15, -0.1) is 0 Å². The van der Waals surface area contributed by atoms with Crippen LogP contribution in [0.2, 0.25) is 25.7 Å². The van der Waals surface area contributed by atoms with Gasteiger partial charge in [-0.1, -0.05) is 51.2 Å². The minimum absolute atomic E-state index is 0.130. The molecule has 1 N–H and O–H groups in total. The van der Waals surface area contributed by atoms with E-state index in [4.69, 9.17) is 0 Å². The fourth-order valence-corrected chi connectivity index (χ4v) is 7.08. The molecule has 20 heavy (non-hydrogen) atoms. The van der Waals surface area contributed by atoms with Crippen LogP contribution in [0.25, 0.3) is 0 Å². The van der Waals surface area contributed by atoms with E-state index in [1.54, 1.807) is 0 Å². The molecule has 2 nitrogen and oxygen atoms in total. The number of rotatable bonds is 6. The lowest BCUT2D eigenvalue weighted by atomic mass is 10.1. The molecule has 0 radical (unpaired) electrons. The molecule has 3 atom stereocenters. The molecule has 0 amide bonds. The third-order valence-corrected chi connectivity index (χ3v) is 7.10. The largest absolute Gasteiger partial charge is 0.392 e. The molecule has 0 saturated heterocycles. The summed E-state index contributed by atoms with van der Waals surface area (Å²) in [6.45, 7) is 12.8. The first-order valence-corrected chi connectivity index (χ1v) is 12.2. The maximum Gasteiger partial charge on any atom is 0.0707 e. The van der Waals surface area contributed by atoms with Crippen molar-refractivity contribution in [2.24, 2.45) is 5.92 Å². The normalized spacial score (nSPS) is 17.0. The van der Waals surface area contributed by atoms with Gasteiger partial charge < -0.3 is 5.11 Å². The van der Waals surface area contributed by atoms with Crippen LogP contribution >= 0.6 is 0 Å². The van der Waals surface area contributed by atoms with Gasteiger partial charge in [-0.2, -0.15) is 0 Å². The Morgan fingerprint density at radius 1 is 1.15 bits per heavy atom. The van der Waals surface area contributed by atoms with E-state index < -0.39 is 25.0 Å². The van der Waals surface area contributed by atoms with E-state index in [1.807, 2.05) is 45.0 Å². The van der Waals surface area contributed by atoms with Crippen molar-refractivity contribution in [3.63, 3.8) is 0 Å². The van der Waals surface area contributed by atoms with E-state index in [9.17, 15) is 9.32 Å². The molecule has 1 rings (SSSR count). The van der Waals surface area contributed by atoms with E-state index in [1.165, 1.54) is 0 Å². The Morgan fingerprint density at radius 2 is 1.65 bits per heavy atom. The Labute approximate surface area is 127 Å². The highest BCUT2D eigenvalue weighted by Gasteiger charge is 2.33. The predicted molar refractivity (Wildman–Crippen MR) is 90.4 cm³/mol. The Balaban J connectivity index is 3.03. The first kappa shape index (κ1) is 17.6. The first-order valence-electron chi connectivity index (χ1n) is 7.27. The summed E-state index contributed by atoms with van der Waals surface area (Å²) in [5.41, 5.74) is 1.16. The molecule has 0 aliphatic carbocycles. The Kier molecular flexibility index (Phi) is 6.17. The fourth-order valence-electron chi connectivity index (χ4n) is 2.20. The summed E-state index contributed by atoms with van der Waals surface area (Å²) >= 11 is 0. The van der Waals surface area contributed by atoms with E-state index in [0.29, 0.717) is 0 Å². The summed E-state index contributed by atoms with van der Waals surface area (Å²) in [5, 5.41) is 10.3. The average Bonchev–Trinajstić information content (AvgIpc) is 2.34. The van der Waals surface area contributed by atoms with Crippen LogP contribution in [0, 0.1) is 12.8 Å². The van der Waals surface area contributed by atoms with Crippen LogP contribution in [0.4, 0.5) is 0 Å². The van der Waals surface area contributed by atoms with Crippen molar-refractivity contribution in [3.05, 3.63) is 29.8 Å². The summed E-state index contributed by atoms with van der Waals surface area (Å²) in [6, 6.07) is 8.71. The van der Waals surface area contributed by atoms with Gasteiger partial charge in [-0.3, -0.25) is 4.21 Å². The summed E-state index contributed by atoms with van der Waals surface area (Å²) < 4.78 is 12.9. The SMILES string of the molecule is Cc1ccc(S(=O)[C@@H](C[Si](C)(C)C)[C@H](O)C(C)C)cc1. The van der Waals surface area contributed by atoms with Crippen LogP contribution in [0.1, 0.15) is 19.4 Å². The molecule has 1 aromatic rings. The fraction of sp³-hybridized carbons (Fsp3) is 0.625. The number of hydrogen-bond acceptors (Lipinski definition) is 2. The number of aliphatic hydroxyl groups excluding tert-OH is 1. The molecule has 0 aliphatic heterocycles. The second-order valence-electron chi connectivity index (χ2n) is 7.15. The average molecular weight is 313 g/mol. The highest BCUT2D eigenvalue weighted by atomic mass is 32.2. The number of aliphatic hydroxyl groups is 1. The van der Waals surface area contributed by atoms with E-state index in [-0.39, 0.29) is 11.2 Å². The zero-order valence-corrected chi connectivity index (χ0v) is 15.3. The zero-order chi connectivity index (χ0) is 15.5. The molecule has 1 unspecified atom stereocenters. The molecule has 4 heteroatoms. The number of benzene rings is 1. The van der Waals surface area contributed by atoms with Crippen LogP contribution < -0.4 is 0 Å². The van der Waals surface area contributed by atoms with E-state index in [2.05, 4.69) is 19.6 Å². The number of aryl methyl sites for hydroxylation is 1. The van der Waals surface area contributed by atoms with Gasteiger partial charge in [0.05, 0.1) is 22.2 Å². The second kappa shape index (κ2) is 7.01. The highest BCUT2D eigenvalue weighted by Crippen LogP contribution is 2.26. The molecular weight excluding hydrogens is 284 g/mol. The summed E-state index contributed by atoms with van der Waals surface area (Å²) in [6.07, 6.45) is -0.510. The first-order chi connectivity index (χ1) is 9.11. The Hall–Kier alpha value is -0.453. The minimum Gasteiger partial charge on any atom is -0.392 e. The topological polar surface area (TPSA) is 37.3 Å². The van der Waals surface area contributed by atoms with Crippen LogP contribution in [-0.2, 0) is 10.8 Å². The standard InChI is InChI=1S/C16H28O2SSi/c1-12(2)16(17)15(11-20(4,5)6)19(18)14-9-7-13(3)8-10-14/h7-10,12,15-17H,11H2,1-6H3/t15-,16+,19?/m0/s1. The van der Waals surface area contributed by atoms with Crippen molar-refractivity contribution in [2.75, 3.05) is 0 Å². The van der Waals surface area contributed by atoms with Crippen molar-refractivity contribution in [2.45, 2.75) is 62.7 Å². The van der Waals surface area contributed by atoms with E-state index in [0.717, 1.165) is 16.5 Å².